The number of hydrogen-bond acceptors (Lipinski definition) is 2. The van der Waals surface area contributed by atoms with Crippen LogP contribution in [0.1, 0.15) is 11.1 Å². The predicted octanol–water partition coefficient (Wildman–Crippen LogP) is 4.14. The summed E-state index contributed by atoms with van der Waals surface area (Å²) < 4.78 is 5.72. The van der Waals surface area contributed by atoms with Gasteiger partial charge in [0, 0.05) is 17.8 Å². The highest BCUT2D eigenvalue weighted by Gasteiger charge is 2.03. The van der Waals surface area contributed by atoms with Crippen LogP contribution < -0.4 is 4.74 Å². The second kappa shape index (κ2) is 4.54. The van der Waals surface area contributed by atoms with Gasteiger partial charge in [0.1, 0.15) is 16.7 Å². The predicted molar refractivity (Wildman–Crippen MR) is 65.2 cm³/mol. The fraction of sp³-hybridized carbons (Fsp3) is 0.154. The van der Waals surface area contributed by atoms with Crippen LogP contribution in [0.4, 0.5) is 0 Å². The van der Waals surface area contributed by atoms with Crippen LogP contribution in [0.25, 0.3) is 0 Å². The van der Waals surface area contributed by atoms with Gasteiger partial charge in [-0.05, 0) is 26.0 Å². The fourth-order valence-corrected chi connectivity index (χ4v) is 1.47. The number of aromatic nitrogens is 1. The first-order valence-corrected chi connectivity index (χ1v) is 5.39. The number of halogens is 1. The van der Waals surface area contributed by atoms with Gasteiger partial charge in [-0.15, -0.1) is 0 Å². The van der Waals surface area contributed by atoms with E-state index < -0.39 is 0 Å². The highest BCUT2D eigenvalue weighted by Crippen LogP contribution is 2.26. The van der Waals surface area contributed by atoms with E-state index in [4.69, 9.17) is 16.3 Å². The van der Waals surface area contributed by atoms with Gasteiger partial charge < -0.3 is 4.74 Å². The maximum atomic E-state index is 5.82. The molecule has 2 aromatic rings. The smallest absolute Gasteiger partial charge is 0.134 e. The molecule has 1 heterocycles. The second-order valence-corrected chi connectivity index (χ2v) is 4.07. The van der Waals surface area contributed by atoms with Gasteiger partial charge in [0.25, 0.3) is 0 Å². The minimum absolute atomic E-state index is 0.438. The van der Waals surface area contributed by atoms with Crippen molar-refractivity contribution in [3.63, 3.8) is 0 Å². The monoisotopic (exact) mass is 233 g/mol. The largest absolute Gasteiger partial charge is 0.457 e. The molecule has 0 unspecified atom stereocenters. The minimum Gasteiger partial charge on any atom is -0.457 e. The molecule has 0 amide bonds. The van der Waals surface area contributed by atoms with Gasteiger partial charge >= 0.3 is 0 Å². The average molecular weight is 234 g/mol. The molecule has 0 N–H and O–H groups in total. The molecule has 0 spiro atoms. The van der Waals surface area contributed by atoms with Crippen molar-refractivity contribution in [2.24, 2.45) is 0 Å². The lowest BCUT2D eigenvalue weighted by Crippen LogP contribution is -1.89. The molecule has 0 aliphatic rings. The zero-order chi connectivity index (χ0) is 11.5. The molecular formula is C13H12ClNO. The van der Waals surface area contributed by atoms with Crippen molar-refractivity contribution in [1.82, 2.24) is 4.98 Å². The standard InChI is InChI=1S/C13H12ClNO/c1-9-3-5-11(6-4-9)16-12-7-13(14)15-8-10(12)2/h3-8H,1-2H3. The maximum absolute atomic E-state index is 5.82. The first-order chi connectivity index (χ1) is 7.65. The first kappa shape index (κ1) is 11.0. The van der Waals surface area contributed by atoms with E-state index in [2.05, 4.69) is 4.98 Å². The van der Waals surface area contributed by atoms with Gasteiger partial charge in [-0.1, -0.05) is 29.3 Å². The van der Waals surface area contributed by atoms with Gasteiger partial charge in [0.15, 0.2) is 0 Å². The number of benzene rings is 1. The van der Waals surface area contributed by atoms with E-state index in [0.29, 0.717) is 5.15 Å². The molecule has 0 fully saturated rings. The number of hydrogen-bond donors (Lipinski definition) is 0. The lowest BCUT2D eigenvalue weighted by atomic mass is 10.2. The van der Waals surface area contributed by atoms with Gasteiger partial charge in [-0.25, -0.2) is 4.98 Å². The molecular weight excluding hydrogens is 222 g/mol. The number of ether oxygens (including phenoxy) is 1. The summed E-state index contributed by atoms with van der Waals surface area (Å²) in [5.41, 5.74) is 2.17. The SMILES string of the molecule is Cc1ccc(Oc2cc(Cl)ncc2C)cc1. The van der Waals surface area contributed by atoms with Gasteiger partial charge in [0.2, 0.25) is 0 Å². The molecule has 2 rings (SSSR count). The van der Waals surface area contributed by atoms with Crippen LogP contribution in [0.2, 0.25) is 5.15 Å². The van der Waals surface area contributed by atoms with Crippen molar-refractivity contribution in [2.45, 2.75) is 13.8 Å². The summed E-state index contributed by atoms with van der Waals surface area (Å²) in [4.78, 5) is 3.98. The Hall–Kier alpha value is -1.54. The Labute approximate surface area is 99.9 Å². The molecule has 16 heavy (non-hydrogen) atoms. The van der Waals surface area contributed by atoms with Gasteiger partial charge in [-0.3, -0.25) is 0 Å². The normalized spacial score (nSPS) is 10.2. The van der Waals surface area contributed by atoms with E-state index in [1.54, 1.807) is 12.3 Å². The molecule has 0 aliphatic carbocycles. The number of aryl methyl sites for hydroxylation is 2. The van der Waals surface area contributed by atoms with Gasteiger partial charge in [-0.2, -0.15) is 0 Å². The summed E-state index contributed by atoms with van der Waals surface area (Å²) in [6, 6.07) is 9.60. The van der Waals surface area contributed by atoms with Crippen LogP contribution in [0.15, 0.2) is 36.5 Å². The third kappa shape index (κ3) is 2.52. The second-order valence-electron chi connectivity index (χ2n) is 3.69. The minimum atomic E-state index is 0.438. The summed E-state index contributed by atoms with van der Waals surface area (Å²) >= 11 is 5.82. The van der Waals surface area contributed by atoms with Crippen molar-refractivity contribution in [3.8, 4) is 11.5 Å². The quantitative estimate of drug-likeness (QED) is 0.728. The van der Waals surface area contributed by atoms with Crippen molar-refractivity contribution >= 4 is 11.6 Å². The van der Waals surface area contributed by atoms with E-state index in [1.807, 2.05) is 38.1 Å². The van der Waals surface area contributed by atoms with E-state index >= 15 is 0 Å². The van der Waals surface area contributed by atoms with Crippen molar-refractivity contribution in [3.05, 3.63) is 52.8 Å². The summed E-state index contributed by atoms with van der Waals surface area (Å²) in [6.45, 7) is 3.98. The van der Waals surface area contributed by atoms with Crippen molar-refractivity contribution in [1.29, 1.82) is 0 Å². The van der Waals surface area contributed by atoms with Crippen molar-refractivity contribution in [2.75, 3.05) is 0 Å². The van der Waals surface area contributed by atoms with Crippen LogP contribution >= 0.6 is 11.6 Å². The number of nitrogens with zero attached hydrogens (tertiary/aromatic N) is 1. The molecule has 2 nitrogen and oxygen atoms in total. The Morgan fingerprint density at radius 3 is 2.50 bits per heavy atom. The summed E-state index contributed by atoms with van der Waals surface area (Å²) in [5.74, 6) is 1.54. The zero-order valence-corrected chi connectivity index (χ0v) is 9.95. The molecule has 3 heteroatoms. The summed E-state index contributed by atoms with van der Waals surface area (Å²) in [5, 5.41) is 0.438. The Balaban J connectivity index is 2.26. The number of pyridine rings is 1. The Kier molecular flexibility index (Phi) is 3.11. The van der Waals surface area contributed by atoms with E-state index in [9.17, 15) is 0 Å². The Morgan fingerprint density at radius 2 is 1.81 bits per heavy atom. The molecule has 0 aliphatic heterocycles. The molecule has 0 saturated heterocycles. The fourth-order valence-electron chi connectivity index (χ4n) is 1.32. The molecule has 1 aromatic heterocycles. The highest BCUT2D eigenvalue weighted by atomic mass is 35.5. The average Bonchev–Trinajstić information content (AvgIpc) is 2.27. The highest BCUT2D eigenvalue weighted by molar-refractivity contribution is 6.29. The van der Waals surface area contributed by atoms with Crippen LogP contribution in [0.3, 0.4) is 0 Å². The summed E-state index contributed by atoms with van der Waals surface area (Å²) in [7, 11) is 0. The maximum Gasteiger partial charge on any atom is 0.134 e. The van der Waals surface area contributed by atoms with E-state index in [1.165, 1.54) is 5.56 Å². The third-order valence-electron chi connectivity index (χ3n) is 2.27. The van der Waals surface area contributed by atoms with Crippen LogP contribution in [-0.4, -0.2) is 4.98 Å². The Morgan fingerprint density at radius 1 is 1.12 bits per heavy atom. The van der Waals surface area contributed by atoms with Crippen molar-refractivity contribution < 1.29 is 4.74 Å². The number of rotatable bonds is 2. The van der Waals surface area contributed by atoms with E-state index in [-0.39, 0.29) is 0 Å². The molecule has 0 radical (unpaired) electrons. The molecule has 0 saturated carbocycles. The Bertz CT molecular complexity index is 494. The first-order valence-electron chi connectivity index (χ1n) is 5.02. The summed E-state index contributed by atoms with van der Waals surface area (Å²) in [6.07, 6.45) is 1.70. The van der Waals surface area contributed by atoms with Crippen LogP contribution in [0.5, 0.6) is 11.5 Å². The molecule has 1 aromatic carbocycles. The van der Waals surface area contributed by atoms with E-state index in [0.717, 1.165) is 17.1 Å². The van der Waals surface area contributed by atoms with Gasteiger partial charge in [0.05, 0.1) is 0 Å². The molecule has 0 bridgehead atoms. The third-order valence-corrected chi connectivity index (χ3v) is 2.48. The van der Waals surface area contributed by atoms with Crippen LogP contribution in [0, 0.1) is 13.8 Å². The topological polar surface area (TPSA) is 22.1 Å². The lowest BCUT2D eigenvalue weighted by Gasteiger charge is -2.08. The lowest BCUT2D eigenvalue weighted by molar-refractivity contribution is 0.478. The molecule has 82 valence electrons. The van der Waals surface area contributed by atoms with Crippen LogP contribution in [-0.2, 0) is 0 Å². The molecule has 0 atom stereocenters. The zero-order valence-electron chi connectivity index (χ0n) is 9.20.